The maximum atomic E-state index is 11.9. The number of nitrogens with one attached hydrogen (secondary N) is 3. The summed E-state index contributed by atoms with van der Waals surface area (Å²) in [6.07, 6.45) is 0.825. The number of guanidine groups is 1. The van der Waals surface area contributed by atoms with E-state index in [0.29, 0.717) is 25.7 Å². The molecular weight excluding hydrogens is 364 g/mol. The Morgan fingerprint density at radius 3 is 2.56 bits per heavy atom. The van der Waals surface area contributed by atoms with Gasteiger partial charge >= 0.3 is 0 Å². The van der Waals surface area contributed by atoms with Crippen LogP contribution in [0.4, 0.5) is 0 Å². The Bertz CT molecular complexity index is 839. The average Bonchev–Trinajstić information content (AvgIpc) is 2.71. The largest absolute Gasteiger partial charge is 0.494 e. The summed E-state index contributed by atoms with van der Waals surface area (Å²) in [5.41, 5.74) is 0.849. The first-order valence-electron chi connectivity index (χ1n) is 8.70. The van der Waals surface area contributed by atoms with Gasteiger partial charge in [-0.2, -0.15) is 0 Å². The number of hydrogen-bond acceptors (Lipinski definition) is 4. The van der Waals surface area contributed by atoms with Crippen LogP contribution in [0.25, 0.3) is 0 Å². The predicted molar refractivity (Wildman–Crippen MR) is 107 cm³/mol. The van der Waals surface area contributed by atoms with E-state index >= 15 is 0 Å². The first-order valence-corrected chi connectivity index (χ1v) is 10.2. The molecule has 2 aromatic rings. The van der Waals surface area contributed by atoms with Gasteiger partial charge in [-0.25, -0.2) is 13.1 Å². The van der Waals surface area contributed by atoms with Crippen LogP contribution in [0.15, 0.2) is 64.5 Å². The standard InChI is InChI=1S/C19H26N4O3S/c1-20-19(22-12-7-13-26-17-9-4-3-5-10-17)23-15-16-8-6-11-18(14-16)27(24,25)21-2/h3-6,8-11,14,21H,7,12-13,15H2,1-2H3,(H2,20,22,23). The average molecular weight is 391 g/mol. The number of ether oxygens (including phenoxy) is 1. The molecule has 0 aliphatic heterocycles. The van der Waals surface area contributed by atoms with Crippen molar-refractivity contribution in [1.29, 1.82) is 0 Å². The quantitative estimate of drug-likeness (QED) is 0.345. The van der Waals surface area contributed by atoms with E-state index in [-0.39, 0.29) is 4.90 Å². The van der Waals surface area contributed by atoms with Crippen molar-refractivity contribution in [2.45, 2.75) is 17.9 Å². The summed E-state index contributed by atoms with van der Waals surface area (Å²) in [6, 6.07) is 16.5. The summed E-state index contributed by atoms with van der Waals surface area (Å²) in [7, 11) is -0.357. The lowest BCUT2D eigenvalue weighted by Gasteiger charge is -2.13. The lowest BCUT2D eigenvalue weighted by Crippen LogP contribution is -2.37. The zero-order chi connectivity index (χ0) is 19.5. The molecule has 0 saturated heterocycles. The lowest BCUT2D eigenvalue weighted by atomic mass is 10.2. The molecule has 0 aromatic heterocycles. The van der Waals surface area contributed by atoms with E-state index in [9.17, 15) is 8.42 Å². The highest BCUT2D eigenvalue weighted by Gasteiger charge is 2.11. The highest BCUT2D eigenvalue weighted by atomic mass is 32.2. The molecule has 146 valence electrons. The summed E-state index contributed by atoms with van der Waals surface area (Å²) in [6.45, 7) is 1.78. The smallest absolute Gasteiger partial charge is 0.240 e. The molecule has 0 atom stereocenters. The van der Waals surface area contributed by atoms with Crippen LogP contribution in [-0.4, -0.2) is 41.6 Å². The van der Waals surface area contributed by atoms with Crippen molar-refractivity contribution >= 4 is 16.0 Å². The van der Waals surface area contributed by atoms with E-state index in [0.717, 1.165) is 17.7 Å². The molecule has 0 fully saturated rings. The lowest BCUT2D eigenvalue weighted by molar-refractivity contribution is 0.311. The summed E-state index contributed by atoms with van der Waals surface area (Å²) in [5.74, 6) is 1.51. The second-order valence-corrected chi connectivity index (χ2v) is 7.61. The van der Waals surface area contributed by atoms with Crippen LogP contribution < -0.4 is 20.1 Å². The molecule has 0 unspecified atom stereocenters. The fraction of sp³-hybridized carbons (Fsp3) is 0.316. The number of para-hydroxylation sites is 1. The molecule has 8 heteroatoms. The Balaban J connectivity index is 1.75. The second-order valence-electron chi connectivity index (χ2n) is 5.72. The van der Waals surface area contributed by atoms with E-state index in [1.165, 1.54) is 7.05 Å². The van der Waals surface area contributed by atoms with Gasteiger partial charge in [-0.1, -0.05) is 30.3 Å². The van der Waals surface area contributed by atoms with Gasteiger partial charge in [-0.3, -0.25) is 4.99 Å². The van der Waals surface area contributed by atoms with Crippen molar-refractivity contribution < 1.29 is 13.2 Å². The molecular formula is C19H26N4O3S. The Kier molecular flexibility index (Phi) is 8.09. The first kappa shape index (κ1) is 20.7. The molecule has 0 radical (unpaired) electrons. The van der Waals surface area contributed by atoms with Gasteiger partial charge < -0.3 is 15.4 Å². The van der Waals surface area contributed by atoms with Crippen LogP contribution in [0.3, 0.4) is 0 Å². The van der Waals surface area contributed by atoms with E-state index in [2.05, 4.69) is 20.3 Å². The second kappa shape index (κ2) is 10.5. The van der Waals surface area contributed by atoms with Crippen LogP contribution in [0.2, 0.25) is 0 Å². The van der Waals surface area contributed by atoms with Gasteiger partial charge in [0.05, 0.1) is 11.5 Å². The molecule has 0 aliphatic carbocycles. The third-order valence-corrected chi connectivity index (χ3v) is 5.20. The van der Waals surface area contributed by atoms with Crippen LogP contribution >= 0.6 is 0 Å². The number of rotatable bonds is 9. The first-order chi connectivity index (χ1) is 13.0. The summed E-state index contributed by atoms with van der Waals surface area (Å²) in [4.78, 5) is 4.41. The van der Waals surface area contributed by atoms with Crippen molar-refractivity contribution in [3.8, 4) is 5.75 Å². The molecule has 2 rings (SSSR count). The SMILES string of the molecule is CN=C(NCCCOc1ccccc1)NCc1cccc(S(=O)(=O)NC)c1. The van der Waals surface area contributed by atoms with Crippen molar-refractivity contribution in [3.63, 3.8) is 0 Å². The molecule has 7 nitrogen and oxygen atoms in total. The Labute approximate surface area is 160 Å². The zero-order valence-corrected chi connectivity index (χ0v) is 16.4. The third kappa shape index (κ3) is 6.92. The number of benzene rings is 2. The molecule has 0 aliphatic rings. The van der Waals surface area contributed by atoms with E-state index in [1.807, 2.05) is 36.4 Å². The van der Waals surface area contributed by atoms with Crippen LogP contribution in [0.1, 0.15) is 12.0 Å². The van der Waals surface area contributed by atoms with Crippen LogP contribution in [-0.2, 0) is 16.6 Å². The number of sulfonamides is 1. The molecule has 0 saturated carbocycles. The molecule has 0 bridgehead atoms. The maximum Gasteiger partial charge on any atom is 0.240 e. The normalized spacial score (nSPS) is 11.9. The molecule has 3 N–H and O–H groups in total. The summed E-state index contributed by atoms with van der Waals surface area (Å²) < 4.78 is 31.7. The highest BCUT2D eigenvalue weighted by molar-refractivity contribution is 7.89. The minimum atomic E-state index is -3.45. The minimum absolute atomic E-state index is 0.241. The van der Waals surface area contributed by atoms with Crippen molar-refractivity contribution in [2.75, 3.05) is 27.2 Å². The van der Waals surface area contributed by atoms with Gasteiger partial charge in [0, 0.05) is 20.1 Å². The van der Waals surface area contributed by atoms with Crippen molar-refractivity contribution in [3.05, 3.63) is 60.2 Å². The summed E-state index contributed by atoms with van der Waals surface area (Å²) in [5, 5.41) is 6.38. The Morgan fingerprint density at radius 2 is 1.85 bits per heavy atom. The van der Waals surface area contributed by atoms with Crippen molar-refractivity contribution in [2.24, 2.45) is 4.99 Å². The zero-order valence-electron chi connectivity index (χ0n) is 15.6. The molecule has 0 spiro atoms. The monoisotopic (exact) mass is 390 g/mol. The molecule has 27 heavy (non-hydrogen) atoms. The van der Waals surface area contributed by atoms with E-state index in [1.54, 1.807) is 25.2 Å². The molecule has 2 aromatic carbocycles. The maximum absolute atomic E-state index is 11.9. The third-order valence-electron chi connectivity index (χ3n) is 3.79. The van der Waals surface area contributed by atoms with Gasteiger partial charge in [-0.15, -0.1) is 0 Å². The highest BCUT2D eigenvalue weighted by Crippen LogP contribution is 2.11. The van der Waals surface area contributed by atoms with Gasteiger partial charge in [-0.05, 0) is 43.3 Å². The molecule has 0 amide bonds. The molecule has 0 heterocycles. The topological polar surface area (TPSA) is 91.8 Å². The van der Waals surface area contributed by atoms with Crippen molar-refractivity contribution in [1.82, 2.24) is 15.4 Å². The van der Waals surface area contributed by atoms with E-state index in [4.69, 9.17) is 4.74 Å². The van der Waals surface area contributed by atoms with Gasteiger partial charge in [0.25, 0.3) is 0 Å². The van der Waals surface area contributed by atoms with Crippen LogP contribution in [0, 0.1) is 0 Å². The van der Waals surface area contributed by atoms with E-state index < -0.39 is 10.0 Å². The number of hydrogen-bond donors (Lipinski definition) is 3. The summed E-state index contributed by atoms with van der Waals surface area (Å²) >= 11 is 0. The number of aliphatic imine (C=N–C) groups is 1. The van der Waals surface area contributed by atoms with Gasteiger partial charge in [0.1, 0.15) is 5.75 Å². The van der Waals surface area contributed by atoms with Gasteiger partial charge in [0.15, 0.2) is 5.96 Å². The Hall–Kier alpha value is -2.58. The fourth-order valence-electron chi connectivity index (χ4n) is 2.33. The fourth-order valence-corrected chi connectivity index (χ4v) is 3.13. The predicted octanol–water partition coefficient (Wildman–Crippen LogP) is 1.73. The van der Waals surface area contributed by atoms with Crippen LogP contribution in [0.5, 0.6) is 5.75 Å². The number of nitrogens with zero attached hydrogens (tertiary/aromatic N) is 1. The minimum Gasteiger partial charge on any atom is -0.494 e. The van der Waals surface area contributed by atoms with Gasteiger partial charge in [0.2, 0.25) is 10.0 Å². The Morgan fingerprint density at radius 1 is 1.07 bits per heavy atom.